The highest BCUT2D eigenvalue weighted by molar-refractivity contribution is 7.11. The van der Waals surface area contributed by atoms with E-state index < -0.39 is 0 Å². The molecule has 0 amide bonds. The van der Waals surface area contributed by atoms with Crippen LogP contribution in [0.25, 0.3) is 0 Å². The summed E-state index contributed by atoms with van der Waals surface area (Å²) in [6.07, 6.45) is 4.01. The lowest BCUT2D eigenvalue weighted by atomic mass is 9.88. The third-order valence-corrected chi connectivity index (χ3v) is 5.77. The lowest BCUT2D eigenvalue weighted by Crippen LogP contribution is -2.38. The van der Waals surface area contributed by atoms with Crippen molar-refractivity contribution >= 4 is 17.1 Å². The number of carbonyl (C=O) groups excluding carboxylic acids is 1. The Morgan fingerprint density at radius 2 is 2.04 bits per heavy atom. The third kappa shape index (κ3) is 4.10. The summed E-state index contributed by atoms with van der Waals surface area (Å²) in [5, 5.41) is 1.10. The maximum absolute atomic E-state index is 13.0. The largest absolute Gasteiger partial charge is 0.496 e. The molecule has 0 saturated carbocycles. The fourth-order valence-corrected chi connectivity index (χ4v) is 4.60. The number of hydrogen-bond acceptors (Lipinski definition) is 5. The normalized spacial score (nSPS) is 18.3. The smallest absolute Gasteiger partial charge is 0.167 e. The molecule has 1 atom stereocenters. The third-order valence-electron chi connectivity index (χ3n) is 4.87. The molecule has 2 heterocycles. The monoisotopic (exact) mass is 358 g/mol. The van der Waals surface area contributed by atoms with E-state index in [-0.39, 0.29) is 11.7 Å². The molecule has 2 aromatic rings. The Morgan fingerprint density at radius 1 is 1.32 bits per heavy atom. The molecule has 4 nitrogen and oxygen atoms in total. The van der Waals surface area contributed by atoms with E-state index in [0.29, 0.717) is 0 Å². The molecule has 1 aromatic heterocycles. The summed E-state index contributed by atoms with van der Waals surface area (Å²) in [4.78, 5) is 21.0. The second-order valence-corrected chi connectivity index (χ2v) is 8.25. The Kier molecular flexibility index (Phi) is 5.54. The van der Waals surface area contributed by atoms with Crippen molar-refractivity contribution in [3.8, 4) is 5.75 Å². The molecule has 1 aromatic carbocycles. The number of likely N-dealkylation sites (tertiary alicyclic amines) is 1. The Bertz CT molecular complexity index is 746. The zero-order valence-corrected chi connectivity index (χ0v) is 16.3. The number of ether oxygens (including phenoxy) is 1. The topological polar surface area (TPSA) is 42.4 Å². The first-order valence-corrected chi connectivity index (χ1v) is 9.62. The van der Waals surface area contributed by atoms with E-state index in [9.17, 15) is 4.79 Å². The summed E-state index contributed by atoms with van der Waals surface area (Å²) < 4.78 is 5.42. The number of piperidine rings is 1. The predicted molar refractivity (Wildman–Crippen MR) is 102 cm³/mol. The molecular formula is C20H26N2O2S. The Balaban J connectivity index is 1.71. The van der Waals surface area contributed by atoms with Crippen molar-refractivity contribution < 1.29 is 9.53 Å². The number of benzene rings is 1. The number of thiazole rings is 1. The lowest BCUT2D eigenvalue weighted by molar-refractivity contribution is 0.0812. The predicted octanol–water partition coefficient (Wildman–Crippen LogP) is 4.17. The molecule has 0 aliphatic carbocycles. The van der Waals surface area contributed by atoms with Crippen LogP contribution in [0.1, 0.15) is 44.2 Å². The van der Waals surface area contributed by atoms with Crippen molar-refractivity contribution in [2.45, 2.75) is 40.2 Å². The van der Waals surface area contributed by atoms with Crippen LogP contribution >= 0.6 is 11.3 Å². The van der Waals surface area contributed by atoms with Gasteiger partial charge in [0.15, 0.2) is 5.78 Å². The molecule has 0 spiro atoms. The van der Waals surface area contributed by atoms with Crippen LogP contribution in [-0.2, 0) is 6.54 Å². The maximum atomic E-state index is 13.0. The van der Waals surface area contributed by atoms with Crippen LogP contribution in [0.15, 0.2) is 18.3 Å². The van der Waals surface area contributed by atoms with E-state index in [4.69, 9.17) is 4.74 Å². The lowest BCUT2D eigenvalue weighted by Gasteiger charge is -2.31. The molecule has 1 aliphatic rings. The van der Waals surface area contributed by atoms with E-state index in [1.54, 1.807) is 18.4 Å². The van der Waals surface area contributed by atoms with E-state index in [1.807, 2.05) is 39.1 Å². The standard InChI is InChI=1S/C20H26N2O2S/c1-13-8-17(9-14(2)20(13)24-4)19(23)16-6-5-7-22(11-16)12-18-10-21-15(3)25-18/h8-10,16H,5-7,11-12H2,1-4H3/t16-/m0/s1. The molecule has 25 heavy (non-hydrogen) atoms. The average Bonchev–Trinajstić information content (AvgIpc) is 2.99. The molecule has 1 fully saturated rings. The maximum Gasteiger partial charge on any atom is 0.167 e. The molecular weight excluding hydrogens is 332 g/mol. The van der Waals surface area contributed by atoms with Gasteiger partial charge in [0.1, 0.15) is 5.75 Å². The molecule has 0 N–H and O–H groups in total. The van der Waals surface area contributed by atoms with Gasteiger partial charge in [0.2, 0.25) is 0 Å². The van der Waals surface area contributed by atoms with Gasteiger partial charge in [-0.25, -0.2) is 4.98 Å². The van der Waals surface area contributed by atoms with Crippen LogP contribution in [0.2, 0.25) is 0 Å². The minimum Gasteiger partial charge on any atom is -0.496 e. The summed E-state index contributed by atoms with van der Waals surface area (Å²) in [6.45, 7) is 8.83. The summed E-state index contributed by atoms with van der Waals surface area (Å²) in [5.74, 6) is 1.22. The molecule has 1 aliphatic heterocycles. The number of aromatic nitrogens is 1. The summed E-state index contributed by atoms with van der Waals surface area (Å²) in [6, 6.07) is 3.94. The van der Waals surface area contributed by atoms with Crippen LogP contribution < -0.4 is 4.74 Å². The van der Waals surface area contributed by atoms with E-state index in [0.717, 1.165) is 59.9 Å². The van der Waals surface area contributed by atoms with Gasteiger partial charge in [-0.15, -0.1) is 11.3 Å². The first-order valence-electron chi connectivity index (χ1n) is 8.81. The number of rotatable bonds is 5. The van der Waals surface area contributed by atoms with Gasteiger partial charge in [0.05, 0.1) is 12.1 Å². The highest BCUT2D eigenvalue weighted by Crippen LogP contribution is 2.28. The van der Waals surface area contributed by atoms with Crippen LogP contribution in [0.4, 0.5) is 0 Å². The van der Waals surface area contributed by atoms with Crippen molar-refractivity contribution in [1.29, 1.82) is 0 Å². The number of aryl methyl sites for hydroxylation is 3. The fraction of sp³-hybridized carbons (Fsp3) is 0.500. The first kappa shape index (κ1) is 18.1. The van der Waals surface area contributed by atoms with Crippen LogP contribution in [0.5, 0.6) is 5.75 Å². The molecule has 1 saturated heterocycles. The second kappa shape index (κ2) is 7.67. The SMILES string of the molecule is COc1c(C)cc(C(=O)[C@H]2CCCN(Cc3cnc(C)s3)C2)cc1C. The van der Waals surface area contributed by atoms with Crippen molar-refractivity contribution in [3.05, 3.63) is 44.9 Å². The number of ketones is 1. The van der Waals surface area contributed by atoms with Crippen molar-refractivity contribution in [2.24, 2.45) is 5.92 Å². The summed E-state index contributed by atoms with van der Waals surface area (Å²) in [5.41, 5.74) is 2.87. The van der Waals surface area contributed by atoms with Gasteiger partial charge in [-0.05, 0) is 63.4 Å². The summed E-state index contributed by atoms with van der Waals surface area (Å²) in [7, 11) is 1.68. The number of nitrogens with zero attached hydrogens (tertiary/aromatic N) is 2. The fourth-order valence-electron chi connectivity index (χ4n) is 3.76. The molecule has 0 radical (unpaired) electrons. The van der Waals surface area contributed by atoms with Gasteiger partial charge in [-0.1, -0.05) is 0 Å². The summed E-state index contributed by atoms with van der Waals surface area (Å²) >= 11 is 1.74. The van der Waals surface area contributed by atoms with Crippen LogP contribution in [0.3, 0.4) is 0 Å². The Hall–Kier alpha value is -1.72. The van der Waals surface area contributed by atoms with E-state index >= 15 is 0 Å². The zero-order chi connectivity index (χ0) is 18.0. The van der Waals surface area contributed by atoms with Crippen molar-refractivity contribution in [1.82, 2.24) is 9.88 Å². The average molecular weight is 359 g/mol. The number of Topliss-reactive ketones (excluding diaryl/α,β-unsaturated/α-hetero) is 1. The minimum absolute atomic E-state index is 0.0787. The van der Waals surface area contributed by atoms with Crippen LogP contribution in [-0.4, -0.2) is 35.9 Å². The Labute approximate surface area is 153 Å². The Morgan fingerprint density at radius 3 is 2.64 bits per heavy atom. The number of methoxy groups -OCH3 is 1. The second-order valence-electron chi connectivity index (χ2n) is 6.93. The highest BCUT2D eigenvalue weighted by Gasteiger charge is 2.27. The van der Waals surface area contributed by atoms with Gasteiger partial charge >= 0.3 is 0 Å². The molecule has 5 heteroatoms. The molecule has 3 rings (SSSR count). The van der Waals surface area contributed by atoms with E-state index in [2.05, 4.69) is 9.88 Å². The van der Waals surface area contributed by atoms with Gasteiger partial charge < -0.3 is 4.74 Å². The van der Waals surface area contributed by atoms with Crippen LogP contribution in [0, 0.1) is 26.7 Å². The molecule has 0 unspecified atom stereocenters. The molecule has 0 bridgehead atoms. The van der Waals surface area contributed by atoms with Crippen molar-refractivity contribution in [2.75, 3.05) is 20.2 Å². The number of carbonyl (C=O) groups is 1. The highest BCUT2D eigenvalue weighted by atomic mass is 32.1. The van der Waals surface area contributed by atoms with Gasteiger partial charge in [-0.2, -0.15) is 0 Å². The minimum atomic E-state index is 0.0787. The van der Waals surface area contributed by atoms with Gasteiger partial charge in [0.25, 0.3) is 0 Å². The van der Waals surface area contributed by atoms with Crippen molar-refractivity contribution in [3.63, 3.8) is 0 Å². The molecule has 134 valence electrons. The van der Waals surface area contributed by atoms with Gasteiger partial charge in [-0.3, -0.25) is 9.69 Å². The van der Waals surface area contributed by atoms with Gasteiger partial charge in [0, 0.05) is 35.6 Å². The van der Waals surface area contributed by atoms with E-state index in [1.165, 1.54) is 4.88 Å². The zero-order valence-electron chi connectivity index (χ0n) is 15.5. The number of hydrogen-bond donors (Lipinski definition) is 0. The quantitative estimate of drug-likeness (QED) is 0.752. The first-order chi connectivity index (χ1) is 12.0.